The maximum absolute atomic E-state index is 12.3. The van der Waals surface area contributed by atoms with Crippen LogP contribution in [0, 0.1) is 0 Å². The van der Waals surface area contributed by atoms with Gasteiger partial charge in [-0.15, -0.1) is 12.4 Å². The average molecular weight is 411 g/mol. The second-order valence-corrected chi connectivity index (χ2v) is 7.36. The maximum Gasteiger partial charge on any atom is 0.248 e. The summed E-state index contributed by atoms with van der Waals surface area (Å²) in [5.74, 6) is -0.672. The van der Waals surface area contributed by atoms with Crippen molar-refractivity contribution in [3.05, 3.63) is 39.9 Å². The van der Waals surface area contributed by atoms with Crippen LogP contribution in [0.5, 0.6) is 0 Å². The van der Waals surface area contributed by atoms with Gasteiger partial charge in [-0.2, -0.15) is 0 Å². The Hall–Kier alpha value is -0.930. The van der Waals surface area contributed by atoms with E-state index in [1.54, 1.807) is 0 Å². The van der Waals surface area contributed by atoms with Crippen LogP contribution in [-0.2, 0) is 10.0 Å². The molecule has 0 fully saturated rings. The number of hydrogen-bond donors (Lipinski definition) is 3. The van der Waals surface area contributed by atoms with Gasteiger partial charge in [-0.05, 0) is 31.2 Å². The topological polar surface area (TPSA) is 101 Å². The van der Waals surface area contributed by atoms with Gasteiger partial charge < -0.3 is 11.1 Å². The second-order valence-electron chi connectivity index (χ2n) is 4.68. The summed E-state index contributed by atoms with van der Waals surface area (Å²) in [5, 5.41) is 3.16. The Balaban J connectivity index is 0.00000242. The number of primary amides is 1. The van der Waals surface area contributed by atoms with Crippen LogP contribution in [0.25, 0.3) is 0 Å². The van der Waals surface area contributed by atoms with Gasteiger partial charge in [-0.25, -0.2) is 13.1 Å². The molecule has 0 aliphatic carbocycles. The molecule has 0 atom stereocenters. The van der Waals surface area contributed by atoms with Gasteiger partial charge in [0, 0.05) is 23.1 Å². The molecule has 0 radical (unpaired) electrons. The lowest BCUT2D eigenvalue weighted by Gasteiger charge is -2.15. The van der Waals surface area contributed by atoms with E-state index in [9.17, 15) is 13.2 Å². The Morgan fingerprint density at radius 2 is 2.09 bits per heavy atom. The van der Waals surface area contributed by atoms with E-state index in [1.807, 2.05) is 6.08 Å². The molecule has 1 aliphatic heterocycles. The first-order chi connectivity index (χ1) is 9.88. The molecule has 2 rings (SSSR count). The molecule has 1 aliphatic rings. The zero-order valence-corrected chi connectivity index (χ0v) is 14.9. The number of nitrogens with two attached hydrogens (primary N) is 1. The molecule has 4 N–H and O–H groups in total. The Morgan fingerprint density at radius 1 is 1.36 bits per heavy atom. The average Bonchev–Trinajstić information content (AvgIpc) is 2.45. The molecule has 0 unspecified atom stereocenters. The van der Waals surface area contributed by atoms with Crippen molar-refractivity contribution in [2.75, 3.05) is 19.6 Å². The van der Waals surface area contributed by atoms with Crippen molar-refractivity contribution in [2.24, 2.45) is 5.73 Å². The third kappa shape index (κ3) is 5.06. The van der Waals surface area contributed by atoms with Crippen LogP contribution in [-0.4, -0.2) is 34.0 Å². The van der Waals surface area contributed by atoms with E-state index in [-0.39, 0.29) is 29.4 Å². The van der Waals surface area contributed by atoms with Crippen molar-refractivity contribution >= 4 is 44.3 Å². The van der Waals surface area contributed by atoms with Crippen molar-refractivity contribution in [3.8, 4) is 0 Å². The molecule has 0 spiro atoms. The highest BCUT2D eigenvalue weighted by Crippen LogP contribution is 2.19. The van der Waals surface area contributed by atoms with E-state index in [2.05, 4.69) is 26.0 Å². The predicted molar refractivity (Wildman–Crippen MR) is 90.7 cm³/mol. The molecule has 1 aromatic carbocycles. The highest BCUT2D eigenvalue weighted by molar-refractivity contribution is 9.10. The molecular formula is C13H17BrClN3O3S. The van der Waals surface area contributed by atoms with Crippen molar-refractivity contribution in [2.45, 2.75) is 11.3 Å². The number of carbonyl (C=O) groups excluding carboxylic acids is 1. The first kappa shape index (κ1) is 19.1. The summed E-state index contributed by atoms with van der Waals surface area (Å²) >= 11 is 3.18. The number of halogens is 2. The molecule has 122 valence electrons. The smallest absolute Gasteiger partial charge is 0.248 e. The Bertz CT molecular complexity index is 692. The fourth-order valence-corrected chi connectivity index (χ4v) is 3.71. The third-order valence-electron chi connectivity index (χ3n) is 3.11. The summed E-state index contributed by atoms with van der Waals surface area (Å²) in [7, 11) is -3.69. The number of hydrogen-bond acceptors (Lipinski definition) is 4. The monoisotopic (exact) mass is 409 g/mol. The number of benzene rings is 1. The van der Waals surface area contributed by atoms with Gasteiger partial charge in [0.15, 0.2) is 0 Å². The standard InChI is InChI=1S/C13H16BrN3O3S.ClH/c14-11-5-10(13(15)18)6-12(7-11)21(19,20)17-8-9-1-3-16-4-2-9;/h1,5-7,16-17H,2-4,8H2,(H2,15,18);1H. The molecule has 1 aromatic rings. The van der Waals surface area contributed by atoms with Gasteiger partial charge in [0.1, 0.15) is 0 Å². The SMILES string of the molecule is Cl.NC(=O)c1cc(Br)cc(S(=O)(=O)NCC2=CCNCC2)c1. The normalized spacial score (nSPS) is 14.9. The van der Waals surface area contributed by atoms with E-state index in [0.717, 1.165) is 25.1 Å². The molecule has 6 nitrogen and oxygen atoms in total. The molecule has 0 bridgehead atoms. The first-order valence-electron chi connectivity index (χ1n) is 6.37. The number of carbonyl (C=O) groups is 1. The van der Waals surface area contributed by atoms with E-state index in [1.165, 1.54) is 18.2 Å². The lowest BCUT2D eigenvalue weighted by atomic mass is 10.1. The van der Waals surface area contributed by atoms with E-state index < -0.39 is 15.9 Å². The summed E-state index contributed by atoms with van der Waals surface area (Å²) < 4.78 is 27.6. The van der Waals surface area contributed by atoms with Gasteiger partial charge in [-0.3, -0.25) is 4.79 Å². The predicted octanol–water partition coefficient (Wildman–Crippen LogP) is 1.17. The molecule has 0 saturated heterocycles. The maximum atomic E-state index is 12.3. The minimum atomic E-state index is -3.69. The van der Waals surface area contributed by atoms with Crippen molar-refractivity contribution in [1.82, 2.24) is 10.0 Å². The van der Waals surface area contributed by atoms with Gasteiger partial charge >= 0.3 is 0 Å². The lowest BCUT2D eigenvalue weighted by Crippen LogP contribution is -2.30. The molecule has 22 heavy (non-hydrogen) atoms. The summed E-state index contributed by atoms with van der Waals surface area (Å²) in [4.78, 5) is 11.2. The van der Waals surface area contributed by atoms with Gasteiger partial charge in [-0.1, -0.05) is 27.6 Å². The fraction of sp³-hybridized carbons (Fsp3) is 0.308. The molecule has 9 heteroatoms. The highest BCUT2D eigenvalue weighted by Gasteiger charge is 2.17. The van der Waals surface area contributed by atoms with Crippen LogP contribution < -0.4 is 15.8 Å². The largest absolute Gasteiger partial charge is 0.366 e. The zero-order chi connectivity index (χ0) is 15.5. The Morgan fingerprint density at radius 3 is 2.68 bits per heavy atom. The number of rotatable bonds is 5. The number of nitrogens with one attached hydrogen (secondary N) is 2. The number of sulfonamides is 1. The molecule has 0 aromatic heterocycles. The number of amides is 1. The van der Waals surface area contributed by atoms with Crippen molar-refractivity contribution in [1.29, 1.82) is 0 Å². The summed E-state index contributed by atoms with van der Waals surface area (Å²) in [6.07, 6.45) is 2.79. The Kier molecular flexibility index (Phi) is 7.01. The van der Waals surface area contributed by atoms with Crippen LogP contribution in [0.3, 0.4) is 0 Å². The lowest BCUT2D eigenvalue weighted by molar-refractivity contribution is 0.1000. The van der Waals surface area contributed by atoms with Crippen LogP contribution in [0.1, 0.15) is 16.8 Å². The third-order valence-corrected chi connectivity index (χ3v) is 4.95. The molecule has 1 amide bonds. The Labute approximate surface area is 144 Å². The van der Waals surface area contributed by atoms with E-state index >= 15 is 0 Å². The molecule has 0 saturated carbocycles. The van der Waals surface area contributed by atoms with Crippen LogP contribution in [0.2, 0.25) is 0 Å². The second kappa shape index (κ2) is 8.07. The summed E-state index contributed by atoms with van der Waals surface area (Å²) in [6, 6.07) is 4.19. The van der Waals surface area contributed by atoms with Gasteiger partial charge in [0.2, 0.25) is 15.9 Å². The summed E-state index contributed by atoms with van der Waals surface area (Å²) in [6.45, 7) is 1.86. The van der Waals surface area contributed by atoms with Crippen LogP contribution in [0.15, 0.2) is 39.2 Å². The van der Waals surface area contributed by atoms with Crippen molar-refractivity contribution in [3.63, 3.8) is 0 Å². The molecular weight excluding hydrogens is 394 g/mol. The first-order valence-corrected chi connectivity index (χ1v) is 8.65. The minimum Gasteiger partial charge on any atom is -0.366 e. The van der Waals surface area contributed by atoms with Crippen molar-refractivity contribution < 1.29 is 13.2 Å². The van der Waals surface area contributed by atoms with E-state index in [0.29, 0.717) is 4.47 Å². The van der Waals surface area contributed by atoms with Gasteiger partial charge in [0.05, 0.1) is 4.90 Å². The quantitative estimate of drug-likeness (QED) is 0.634. The zero-order valence-electron chi connectivity index (χ0n) is 11.6. The van der Waals surface area contributed by atoms with Gasteiger partial charge in [0.25, 0.3) is 0 Å². The van der Waals surface area contributed by atoms with E-state index in [4.69, 9.17) is 5.73 Å². The highest BCUT2D eigenvalue weighted by atomic mass is 79.9. The fourth-order valence-electron chi connectivity index (χ4n) is 1.96. The summed E-state index contributed by atoms with van der Waals surface area (Å²) in [5.41, 5.74) is 6.38. The minimum absolute atomic E-state index is 0. The van der Waals surface area contributed by atoms with Crippen LogP contribution in [0.4, 0.5) is 0 Å². The van der Waals surface area contributed by atoms with Crippen LogP contribution >= 0.6 is 28.3 Å². The molecule has 1 heterocycles.